The lowest BCUT2D eigenvalue weighted by molar-refractivity contribution is 0.0263. The predicted molar refractivity (Wildman–Crippen MR) is 152 cm³/mol. The monoisotopic (exact) mass is 564 g/mol. The third kappa shape index (κ3) is 5.86. The largest absolute Gasteiger partial charge is 0.497 e. The average molecular weight is 565 g/mol. The number of hydrogen-bond acceptors (Lipinski definition) is 9. The molecule has 11 nitrogen and oxygen atoms in total. The maximum atomic E-state index is 13.2. The molecule has 40 heavy (non-hydrogen) atoms. The second kappa shape index (κ2) is 11.1. The summed E-state index contributed by atoms with van der Waals surface area (Å²) in [5.41, 5.74) is 2.26. The zero-order valence-electron chi connectivity index (χ0n) is 23.0. The highest BCUT2D eigenvalue weighted by atomic mass is 32.1. The Hall–Kier alpha value is -4.19. The number of nitrogens with zero attached hydrogens (tertiary/aromatic N) is 5. The fourth-order valence-corrected chi connectivity index (χ4v) is 5.39. The van der Waals surface area contributed by atoms with Gasteiger partial charge in [-0.3, -0.25) is 19.5 Å². The van der Waals surface area contributed by atoms with Crippen LogP contribution in [0.5, 0.6) is 5.75 Å². The van der Waals surface area contributed by atoms with Crippen molar-refractivity contribution in [3.63, 3.8) is 0 Å². The van der Waals surface area contributed by atoms with Gasteiger partial charge >= 0.3 is 6.09 Å². The van der Waals surface area contributed by atoms with Crippen molar-refractivity contribution in [1.29, 1.82) is 0 Å². The van der Waals surface area contributed by atoms with Gasteiger partial charge in [0.2, 0.25) is 0 Å². The van der Waals surface area contributed by atoms with Crippen LogP contribution in [0.25, 0.3) is 0 Å². The SMILES string of the molecule is COc1ccc2c(c1)C(=O)N(c1csc(C(=O)Nc3cnccc3N3CCCN(C(=O)OC(C)(C)C)CC3)n1)C2. The first-order chi connectivity index (χ1) is 19.1. The normalized spacial score (nSPS) is 15.5. The Morgan fingerprint density at radius 1 is 1.10 bits per heavy atom. The number of pyridine rings is 1. The summed E-state index contributed by atoms with van der Waals surface area (Å²) >= 11 is 1.17. The van der Waals surface area contributed by atoms with E-state index < -0.39 is 5.60 Å². The number of carbonyl (C=O) groups is 3. The van der Waals surface area contributed by atoms with E-state index in [0.29, 0.717) is 55.5 Å². The molecule has 5 rings (SSSR count). The van der Waals surface area contributed by atoms with Crippen LogP contribution in [-0.4, -0.2) is 71.7 Å². The first-order valence-electron chi connectivity index (χ1n) is 13.1. The smallest absolute Gasteiger partial charge is 0.410 e. The molecule has 210 valence electrons. The molecule has 0 unspecified atom stereocenters. The lowest BCUT2D eigenvalue weighted by Gasteiger charge is -2.27. The van der Waals surface area contributed by atoms with Crippen LogP contribution in [0.2, 0.25) is 0 Å². The Balaban J connectivity index is 1.26. The molecule has 1 fully saturated rings. The highest BCUT2D eigenvalue weighted by Gasteiger charge is 2.31. The van der Waals surface area contributed by atoms with Gasteiger partial charge in [-0.2, -0.15) is 0 Å². The van der Waals surface area contributed by atoms with Crippen molar-refractivity contribution in [2.45, 2.75) is 39.3 Å². The summed E-state index contributed by atoms with van der Waals surface area (Å²) in [5.74, 6) is 0.474. The number of carbonyl (C=O) groups excluding carboxylic acids is 3. The summed E-state index contributed by atoms with van der Waals surface area (Å²) in [6, 6.07) is 7.25. The van der Waals surface area contributed by atoms with Gasteiger partial charge in [0.05, 0.1) is 31.2 Å². The maximum Gasteiger partial charge on any atom is 0.410 e. The van der Waals surface area contributed by atoms with E-state index in [1.807, 2.05) is 39.0 Å². The van der Waals surface area contributed by atoms with Gasteiger partial charge in [-0.15, -0.1) is 11.3 Å². The highest BCUT2D eigenvalue weighted by Crippen LogP contribution is 2.32. The molecule has 2 aliphatic rings. The fourth-order valence-electron chi connectivity index (χ4n) is 4.69. The van der Waals surface area contributed by atoms with E-state index >= 15 is 0 Å². The van der Waals surface area contributed by atoms with E-state index in [4.69, 9.17) is 9.47 Å². The summed E-state index contributed by atoms with van der Waals surface area (Å²) < 4.78 is 10.8. The summed E-state index contributed by atoms with van der Waals surface area (Å²) in [6.07, 6.45) is 3.71. The molecule has 2 aromatic heterocycles. The summed E-state index contributed by atoms with van der Waals surface area (Å²) in [5, 5.41) is 4.88. The first kappa shape index (κ1) is 27.4. The maximum absolute atomic E-state index is 13.2. The standard InChI is InChI=1S/C28H32N6O5S/c1-28(2,3)39-27(37)33-11-5-10-32(12-13-33)22-8-9-29-15-21(22)30-24(35)25-31-23(17-40-25)34-16-18-6-7-19(38-4)14-20(18)26(34)36/h6-9,14-15,17H,5,10-13,16H2,1-4H3,(H,30,35). The van der Waals surface area contributed by atoms with Crippen molar-refractivity contribution in [3.8, 4) is 5.75 Å². The van der Waals surface area contributed by atoms with Crippen LogP contribution in [0.4, 0.5) is 22.0 Å². The van der Waals surface area contributed by atoms with E-state index in [0.717, 1.165) is 17.7 Å². The van der Waals surface area contributed by atoms with Gasteiger partial charge in [-0.1, -0.05) is 6.07 Å². The number of fused-ring (bicyclic) bond motifs is 1. The quantitative estimate of drug-likeness (QED) is 0.485. The topological polar surface area (TPSA) is 117 Å². The number of amides is 3. The number of ether oxygens (including phenoxy) is 2. The zero-order valence-corrected chi connectivity index (χ0v) is 23.8. The molecular formula is C28H32N6O5S. The number of aromatic nitrogens is 2. The Morgan fingerprint density at radius 3 is 2.70 bits per heavy atom. The highest BCUT2D eigenvalue weighted by molar-refractivity contribution is 7.12. The molecule has 0 atom stereocenters. The van der Waals surface area contributed by atoms with E-state index in [1.54, 1.807) is 40.7 Å². The summed E-state index contributed by atoms with van der Waals surface area (Å²) in [6.45, 7) is 8.31. The number of nitrogens with one attached hydrogen (secondary N) is 1. The van der Waals surface area contributed by atoms with Crippen LogP contribution >= 0.6 is 11.3 Å². The lowest BCUT2D eigenvalue weighted by Crippen LogP contribution is -2.39. The summed E-state index contributed by atoms with van der Waals surface area (Å²) in [4.78, 5) is 52.9. The van der Waals surface area contributed by atoms with Gasteiger partial charge in [0.1, 0.15) is 17.2 Å². The van der Waals surface area contributed by atoms with E-state index in [1.165, 1.54) is 11.3 Å². The van der Waals surface area contributed by atoms with Crippen LogP contribution in [0, 0.1) is 0 Å². The number of benzene rings is 1. The molecule has 0 bridgehead atoms. The van der Waals surface area contributed by atoms with Crippen LogP contribution < -0.4 is 19.9 Å². The zero-order chi connectivity index (χ0) is 28.4. The third-order valence-electron chi connectivity index (χ3n) is 6.62. The van der Waals surface area contributed by atoms with Crippen LogP contribution in [0.15, 0.2) is 42.0 Å². The molecule has 0 spiro atoms. The third-order valence-corrected chi connectivity index (χ3v) is 7.45. The van der Waals surface area contributed by atoms with E-state index in [-0.39, 0.29) is 22.9 Å². The molecule has 2 aliphatic heterocycles. The molecule has 3 amide bonds. The number of thiazole rings is 1. The number of rotatable bonds is 5. The van der Waals surface area contributed by atoms with Gasteiger partial charge in [0, 0.05) is 43.3 Å². The molecule has 12 heteroatoms. The number of methoxy groups -OCH3 is 1. The second-order valence-electron chi connectivity index (χ2n) is 10.6. The van der Waals surface area contributed by atoms with E-state index in [2.05, 4.69) is 20.2 Å². The van der Waals surface area contributed by atoms with E-state index in [9.17, 15) is 14.4 Å². The number of hydrogen-bond donors (Lipinski definition) is 1. The van der Waals surface area contributed by atoms with Crippen molar-refractivity contribution in [1.82, 2.24) is 14.9 Å². The molecule has 1 saturated heterocycles. The van der Waals surface area contributed by atoms with Gasteiger partial charge in [-0.05, 0) is 51.0 Å². The Labute approximate surface area is 236 Å². The average Bonchev–Trinajstić information content (AvgIpc) is 3.44. The molecule has 0 radical (unpaired) electrons. The van der Waals surface area contributed by atoms with Gasteiger partial charge in [0.25, 0.3) is 11.8 Å². The molecule has 1 N–H and O–H groups in total. The Kier molecular flexibility index (Phi) is 7.61. The Morgan fingerprint density at radius 2 is 1.93 bits per heavy atom. The van der Waals surface area contributed by atoms with Gasteiger partial charge in [0.15, 0.2) is 5.01 Å². The summed E-state index contributed by atoms with van der Waals surface area (Å²) in [7, 11) is 1.56. The first-order valence-corrected chi connectivity index (χ1v) is 13.9. The minimum Gasteiger partial charge on any atom is -0.497 e. The minimum atomic E-state index is -0.555. The van der Waals surface area contributed by atoms with Crippen molar-refractivity contribution in [2.24, 2.45) is 0 Å². The van der Waals surface area contributed by atoms with Crippen LogP contribution in [0.1, 0.15) is 52.9 Å². The number of anilines is 3. The van der Waals surface area contributed by atoms with Crippen molar-refractivity contribution in [2.75, 3.05) is 48.4 Å². The van der Waals surface area contributed by atoms with Crippen LogP contribution in [-0.2, 0) is 11.3 Å². The van der Waals surface area contributed by atoms with Crippen molar-refractivity contribution >= 4 is 46.4 Å². The fraction of sp³-hybridized carbons (Fsp3) is 0.393. The molecule has 1 aromatic carbocycles. The predicted octanol–water partition coefficient (Wildman–Crippen LogP) is 4.41. The molecule has 4 heterocycles. The van der Waals surface area contributed by atoms with Crippen molar-refractivity contribution < 1.29 is 23.9 Å². The Bertz CT molecular complexity index is 1430. The van der Waals surface area contributed by atoms with Crippen LogP contribution in [0.3, 0.4) is 0 Å². The molecule has 3 aromatic rings. The molecule has 0 saturated carbocycles. The molecular weight excluding hydrogens is 532 g/mol. The molecule has 0 aliphatic carbocycles. The van der Waals surface area contributed by atoms with Gasteiger partial charge in [-0.25, -0.2) is 9.78 Å². The van der Waals surface area contributed by atoms with Gasteiger partial charge < -0.3 is 24.6 Å². The minimum absolute atomic E-state index is 0.178. The lowest BCUT2D eigenvalue weighted by atomic mass is 10.1. The van der Waals surface area contributed by atoms with Crippen molar-refractivity contribution in [3.05, 3.63) is 58.2 Å². The second-order valence-corrected chi connectivity index (χ2v) is 11.4.